The second kappa shape index (κ2) is 4.98. The summed E-state index contributed by atoms with van der Waals surface area (Å²) in [6.07, 6.45) is 4.03. The molecule has 1 saturated heterocycles. The van der Waals surface area contributed by atoms with Crippen LogP contribution in [0.2, 0.25) is 0 Å². The molecule has 1 aromatic carbocycles. The number of nitrogens with zero attached hydrogens (tertiary/aromatic N) is 1. The van der Waals surface area contributed by atoms with E-state index in [4.69, 9.17) is 5.73 Å². The lowest BCUT2D eigenvalue weighted by atomic mass is 9.92. The predicted molar refractivity (Wildman–Crippen MR) is 68.3 cm³/mol. The third-order valence-electron chi connectivity index (χ3n) is 3.43. The Kier molecular flexibility index (Phi) is 3.62. The topological polar surface area (TPSA) is 29.3 Å². The molecule has 0 radical (unpaired) electrons. The van der Waals surface area contributed by atoms with Crippen LogP contribution < -0.4 is 5.73 Å². The molecule has 0 aliphatic carbocycles. The van der Waals surface area contributed by atoms with Crippen LogP contribution in [-0.2, 0) is 5.54 Å². The molecule has 88 valence electrons. The van der Waals surface area contributed by atoms with Crippen LogP contribution in [0, 0.1) is 0 Å². The molecule has 0 unspecified atom stereocenters. The van der Waals surface area contributed by atoms with E-state index in [2.05, 4.69) is 36.1 Å². The Hall–Kier alpha value is -0.860. The second-order valence-corrected chi connectivity index (χ2v) is 5.12. The molecule has 2 heteroatoms. The van der Waals surface area contributed by atoms with E-state index in [0.29, 0.717) is 0 Å². The van der Waals surface area contributed by atoms with Gasteiger partial charge in [-0.3, -0.25) is 0 Å². The quantitative estimate of drug-likeness (QED) is 0.844. The van der Waals surface area contributed by atoms with Crippen molar-refractivity contribution in [3.8, 4) is 0 Å². The summed E-state index contributed by atoms with van der Waals surface area (Å²) >= 11 is 0. The number of likely N-dealkylation sites (tertiary alicyclic amines) is 1. The molecular weight excluding hydrogens is 196 g/mol. The van der Waals surface area contributed by atoms with E-state index in [0.717, 1.165) is 6.54 Å². The van der Waals surface area contributed by atoms with Crippen LogP contribution in [0.15, 0.2) is 30.3 Å². The number of nitrogens with two attached hydrogens (primary N) is 1. The van der Waals surface area contributed by atoms with Gasteiger partial charge in [0.2, 0.25) is 0 Å². The van der Waals surface area contributed by atoms with Gasteiger partial charge in [-0.25, -0.2) is 0 Å². The predicted octanol–water partition coefficient (Wildman–Crippen LogP) is 2.35. The second-order valence-electron chi connectivity index (χ2n) is 5.12. The minimum absolute atomic E-state index is 0.224. The van der Waals surface area contributed by atoms with Gasteiger partial charge in [-0.2, -0.15) is 0 Å². The van der Waals surface area contributed by atoms with Gasteiger partial charge in [0.25, 0.3) is 0 Å². The largest absolute Gasteiger partial charge is 0.321 e. The number of hydrogen-bond donors (Lipinski definition) is 1. The Labute approximate surface area is 98.4 Å². The first-order chi connectivity index (χ1) is 7.68. The molecule has 1 fully saturated rings. The maximum absolute atomic E-state index is 6.43. The Morgan fingerprint density at radius 1 is 1.12 bits per heavy atom. The first-order valence-electron chi connectivity index (χ1n) is 6.25. The number of piperidine rings is 1. The van der Waals surface area contributed by atoms with Crippen LogP contribution in [-0.4, -0.2) is 24.5 Å². The fraction of sp³-hybridized carbons (Fsp3) is 0.571. The molecule has 1 atom stereocenters. The normalized spacial score (nSPS) is 21.6. The summed E-state index contributed by atoms with van der Waals surface area (Å²) in [4.78, 5) is 2.50. The van der Waals surface area contributed by atoms with Gasteiger partial charge in [0.05, 0.1) is 5.54 Å². The van der Waals surface area contributed by atoms with Gasteiger partial charge in [-0.15, -0.1) is 0 Å². The zero-order chi connectivity index (χ0) is 11.4. The van der Waals surface area contributed by atoms with Crippen molar-refractivity contribution in [1.82, 2.24) is 4.90 Å². The smallest absolute Gasteiger partial charge is 0.0509 e. The van der Waals surface area contributed by atoms with Crippen LogP contribution >= 0.6 is 0 Å². The van der Waals surface area contributed by atoms with Crippen LogP contribution in [0.3, 0.4) is 0 Å². The molecule has 16 heavy (non-hydrogen) atoms. The summed E-state index contributed by atoms with van der Waals surface area (Å²) in [5.41, 5.74) is 7.44. The van der Waals surface area contributed by atoms with Gasteiger partial charge in [0.15, 0.2) is 0 Å². The van der Waals surface area contributed by atoms with Crippen molar-refractivity contribution in [2.45, 2.75) is 31.7 Å². The van der Waals surface area contributed by atoms with Crippen molar-refractivity contribution in [3.63, 3.8) is 0 Å². The maximum atomic E-state index is 6.43. The van der Waals surface area contributed by atoms with Gasteiger partial charge in [0, 0.05) is 6.54 Å². The lowest BCUT2D eigenvalue weighted by Crippen LogP contribution is -2.46. The standard InChI is InChI=1S/C14H22N2/c1-14(15,13-8-4-2-5-9-13)12-16-10-6-3-7-11-16/h2,4-5,8-9H,3,6-7,10-12,15H2,1H3/t14-/m0/s1. The van der Waals surface area contributed by atoms with Gasteiger partial charge < -0.3 is 10.6 Å². The zero-order valence-electron chi connectivity index (χ0n) is 10.2. The first-order valence-corrected chi connectivity index (χ1v) is 6.25. The molecule has 1 aliphatic rings. The third-order valence-corrected chi connectivity index (χ3v) is 3.43. The monoisotopic (exact) mass is 218 g/mol. The number of benzene rings is 1. The molecule has 0 bridgehead atoms. The van der Waals surface area contributed by atoms with Gasteiger partial charge in [0.1, 0.15) is 0 Å². The highest BCUT2D eigenvalue weighted by molar-refractivity contribution is 5.23. The highest BCUT2D eigenvalue weighted by Gasteiger charge is 2.24. The molecule has 2 nitrogen and oxygen atoms in total. The van der Waals surface area contributed by atoms with Gasteiger partial charge in [-0.1, -0.05) is 36.8 Å². The first kappa shape index (κ1) is 11.6. The summed E-state index contributed by atoms with van der Waals surface area (Å²) < 4.78 is 0. The Balaban J connectivity index is 2.01. The lowest BCUT2D eigenvalue weighted by Gasteiger charge is -2.35. The highest BCUT2D eigenvalue weighted by Crippen LogP contribution is 2.20. The average Bonchev–Trinajstić information content (AvgIpc) is 2.31. The van der Waals surface area contributed by atoms with Crippen LogP contribution in [0.25, 0.3) is 0 Å². The van der Waals surface area contributed by atoms with Crippen molar-refractivity contribution in [1.29, 1.82) is 0 Å². The SMILES string of the molecule is C[C@](N)(CN1CCCCC1)c1ccccc1. The molecule has 2 N–H and O–H groups in total. The maximum Gasteiger partial charge on any atom is 0.0509 e. The molecule has 1 aromatic rings. The Bertz CT molecular complexity index is 313. The van der Waals surface area contributed by atoms with Gasteiger partial charge >= 0.3 is 0 Å². The van der Waals surface area contributed by atoms with Crippen molar-refractivity contribution < 1.29 is 0 Å². The van der Waals surface area contributed by atoms with Crippen molar-refractivity contribution >= 4 is 0 Å². The van der Waals surface area contributed by atoms with Crippen LogP contribution in [0.1, 0.15) is 31.7 Å². The minimum atomic E-state index is -0.224. The molecular formula is C14H22N2. The fourth-order valence-corrected chi connectivity index (χ4v) is 2.49. The fourth-order valence-electron chi connectivity index (χ4n) is 2.49. The molecule has 0 amide bonds. The van der Waals surface area contributed by atoms with E-state index in [9.17, 15) is 0 Å². The average molecular weight is 218 g/mol. The number of rotatable bonds is 3. The third kappa shape index (κ3) is 2.83. The highest BCUT2D eigenvalue weighted by atomic mass is 15.1. The molecule has 0 aromatic heterocycles. The Morgan fingerprint density at radius 3 is 2.38 bits per heavy atom. The summed E-state index contributed by atoms with van der Waals surface area (Å²) in [6.45, 7) is 5.52. The molecule has 0 spiro atoms. The van der Waals surface area contributed by atoms with E-state index in [-0.39, 0.29) is 5.54 Å². The summed E-state index contributed by atoms with van der Waals surface area (Å²) in [6, 6.07) is 10.4. The number of hydrogen-bond acceptors (Lipinski definition) is 2. The van der Waals surface area contributed by atoms with E-state index >= 15 is 0 Å². The molecule has 0 saturated carbocycles. The van der Waals surface area contributed by atoms with Gasteiger partial charge in [-0.05, 0) is 38.4 Å². The molecule has 1 heterocycles. The van der Waals surface area contributed by atoms with E-state index in [1.807, 2.05) is 6.07 Å². The summed E-state index contributed by atoms with van der Waals surface area (Å²) in [7, 11) is 0. The van der Waals surface area contributed by atoms with Crippen molar-refractivity contribution in [3.05, 3.63) is 35.9 Å². The molecule has 1 aliphatic heterocycles. The minimum Gasteiger partial charge on any atom is -0.321 e. The molecule has 2 rings (SSSR count). The summed E-state index contributed by atoms with van der Waals surface area (Å²) in [5, 5.41) is 0. The lowest BCUT2D eigenvalue weighted by molar-refractivity contribution is 0.185. The van der Waals surface area contributed by atoms with E-state index in [1.54, 1.807) is 0 Å². The van der Waals surface area contributed by atoms with Crippen molar-refractivity contribution in [2.75, 3.05) is 19.6 Å². The summed E-state index contributed by atoms with van der Waals surface area (Å²) in [5.74, 6) is 0. The van der Waals surface area contributed by atoms with Crippen LogP contribution in [0.4, 0.5) is 0 Å². The van der Waals surface area contributed by atoms with Crippen molar-refractivity contribution in [2.24, 2.45) is 5.73 Å². The Morgan fingerprint density at radius 2 is 1.75 bits per heavy atom. The van der Waals surface area contributed by atoms with Crippen LogP contribution in [0.5, 0.6) is 0 Å². The zero-order valence-corrected chi connectivity index (χ0v) is 10.2. The van der Waals surface area contributed by atoms with E-state index in [1.165, 1.54) is 37.9 Å². The van der Waals surface area contributed by atoms with E-state index < -0.39 is 0 Å².